The van der Waals surface area contributed by atoms with E-state index in [2.05, 4.69) is 6.92 Å². The Kier molecular flexibility index (Phi) is 21.7. The molecule has 38 heavy (non-hydrogen) atoms. The number of phenolic OH excluding ortho intramolecular Hbond substituents is 1. The van der Waals surface area contributed by atoms with Gasteiger partial charge >= 0.3 is 11.9 Å². The highest BCUT2D eigenvalue weighted by atomic mass is 16.6. The van der Waals surface area contributed by atoms with Crippen LogP contribution in [0.1, 0.15) is 154 Å². The number of esters is 2. The number of carbonyl (C=O) groups excluding carboxylic acids is 2. The molecule has 0 fully saturated rings. The zero-order valence-electron chi connectivity index (χ0n) is 24.4. The maximum atomic E-state index is 12.0. The van der Waals surface area contributed by atoms with Crippen LogP contribution in [0.25, 0.3) is 0 Å². The molecule has 0 saturated heterocycles. The van der Waals surface area contributed by atoms with Gasteiger partial charge in [0.1, 0.15) is 11.8 Å². The predicted octanol–water partition coefficient (Wildman–Crippen LogP) is 8.93. The van der Waals surface area contributed by atoms with E-state index in [9.17, 15) is 14.7 Å². The van der Waals surface area contributed by atoms with E-state index in [4.69, 9.17) is 10.5 Å². The van der Waals surface area contributed by atoms with Crippen LogP contribution in [0.3, 0.4) is 0 Å². The number of hydrogen-bond acceptors (Lipinski definition) is 5. The van der Waals surface area contributed by atoms with Gasteiger partial charge in [0.2, 0.25) is 0 Å². The number of phenols is 1. The van der Waals surface area contributed by atoms with Gasteiger partial charge in [-0.1, -0.05) is 147 Å². The Morgan fingerprint density at radius 2 is 1.03 bits per heavy atom. The SMILES string of the molecule is CCCCCCCCCCCCCCCCCCCCCCCC(=O)OC(=O)[C@@H](N)Cc1ccc(O)cc1. The molecule has 3 N–H and O–H groups in total. The Balaban J connectivity index is 1.82. The van der Waals surface area contributed by atoms with Crippen LogP contribution in [-0.4, -0.2) is 23.1 Å². The average molecular weight is 532 g/mol. The van der Waals surface area contributed by atoms with Gasteiger partial charge in [0.05, 0.1) is 0 Å². The molecule has 0 saturated carbocycles. The first-order valence-corrected chi connectivity index (χ1v) is 15.8. The number of unbranched alkanes of at least 4 members (excludes halogenated alkanes) is 20. The number of hydrogen-bond donors (Lipinski definition) is 2. The molecule has 0 aromatic heterocycles. The Labute approximate surface area is 233 Å². The highest BCUT2D eigenvalue weighted by molar-refractivity contribution is 5.88. The van der Waals surface area contributed by atoms with Crippen LogP contribution in [0.4, 0.5) is 0 Å². The lowest BCUT2D eigenvalue weighted by molar-refractivity contribution is -0.160. The van der Waals surface area contributed by atoms with E-state index in [0.29, 0.717) is 0 Å². The van der Waals surface area contributed by atoms with Gasteiger partial charge in [0.15, 0.2) is 0 Å². The molecular formula is C33H57NO4. The third-order valence-electron chi connectivity index (χ3n) is 7.39. The van der Waals surface area contributed by atoms with Crippen molar-refractivity contribution in [3.05, 3.63) is 29.8 Å². The standard InChI is InChI=1S/C33H57NO4/c1-2-3-4-5-6-7-8-9-10-11-12-13-14-15-16-17-18-19-20-21-22-23-32(36)38-33(37)31(34)28-29-24-26-30(35)27-25-29/h24-27,31,35H,2-23,28,34H2,1H3/t31-/m0/s1. The summed E-state index contributed by atoms with van der Waals surface area (Å²) in [4.78, 5) is 23.9. The van der Waals surface area contributed by atoms with Crippen molar-refractivity contribution in [3.8, 4) is 5.75 Å². The third-order valence-corrected chi connectivity index (χ3v) is 7.39. The number of aromatic hydroxyl groups is 1. The number of ether oxygens (including phenoxy) is 1. The second-order valence-electron chi connectivity index (χ2n) is 11.1. The molecule has 0 bridgehead atoms. The second-order valence-corrected chi connectivity index (χ2v) is 11.1. The molecule has 0 radical (unpaired) electrons. The normalized spacial score (nSPS) is 11.9. The summed E-state index contributed by atoms with van der Waals surface area (Å²) in [5.74, 6) is -1.02. The molecule has 1 rings (SSSR count). The molecule has 0 aliphatic rings. The van der Waals surface area contributed by atoms with Crippen molar-refractivity contribution in [2.75, 3.05) is 0 Å². The van der Waals surface area contributed by atoms with E-state index in [0.717, 1.165) is 24.8 Å². The molecule has 0 aliphatic heterocycles. The van der Waals surface area contributed by atoms with Crippen LogP contribution in [-0.2, 0) is 20.7 Å². The largest absolute Gasteiger partial charge is 0.508 e. The first-order chi connectivity index (χ1) is 18.5. The molecular weight excluding hydrogens is 474 g/mol. The van der Waals surface area contributed by atoms with E-state index >= 15 is 0 Å². The molecule has 0 aliphatic carbocycles. The van der Waals surface area contributed by atoms with Crippen molar-refractivity contribution in [3.63, 3.8) is 0 Å². The van der Waals surface area contributed by atoms with Gasteiger partial charge in [0, 0.05) is 6.42 Å². The lowest BCUT2D eigenvalue weighted by Gasteiger charge is -2.10. The summed E-state index contributed by atoms with van der Waals surface area (Å²) in [6.07, 6.45) is 28.3. The molecule has 5 heteroatoms. The summed E-state index contributed by atoms with van der Waals surface area (Å²) in [6.45, 7) is 2.28. The molecule has 218 valence electrons. The van der Waals surface area contributed by atoms with Crippen molar-refractivity contribution in [2.45, 2.75) is 161 Å². The van der Waals surface area contributed by atoms with Crippen LogP contribution < -0.4 is 5.73 Å². The molecule has 0 amide bonds. The average Bonchev–Trinajstić information content (AvgIpc) is 2.90. The minimum atomic E-state index is -0.886. The first-order valence-electron chi connectivity index (χ1n) is 15.8. The highest BCUT2D eigenvalue weighted by Gasteiger charge is 2.19. The van der Waals surface area contributed by atoms with Crippen LogP contribution >= 0.6 is 0 Å². The molecule has 1 aromatic rings. The lowest BCUT2D eigenvalue weighted by atomic mass is 10.0. The fourth-order valence-electron chi connectivity index (χ4n) is 4.91. The molecule has 5 nitrogen and oxygen atoms in total. The van der Waals surface area contributed by atoms with E-state index in [-0.39, 0.29) is 18.6 Å². The maximum Gasteiger partial charge on any atom is 0.330 e. The number of benzene rings is 1. The van der Waals surface area contributed by atoms with Crippen molar-refractivity contribution in [1.82, 2.24) is 0 Å². The van der Waals surface area contributed by atoms with Crippen molar-refractivity contribution < 1.29 is 19.4 Å². The summed E-state index contributed by atoms with van der Waals surface area (Å²) < 4.78 is 4.90. The van der Waals surface area contributed by atoms with Gasteiger partial charge in [-0.05, 0) is 30.5 Å². The third kappa shape index (κ3) is 20.1. The summed E-state index contributed by atoms with van der Waals surface area (Å²) in [7, 11) is 0. The summed E-state index contributed by atoms with van der Waals surface area (Å²) >= 11 is 0. The van der Waals surface area contributed by atoms with Crippen molar-refractivity contribution in [2.24, 2.45) is 5.73 Å². The number of carbonyl (C=O) groups is 2. The van der Waals surface area contributed by atoms with Crippen molar-refractivity contribution >= 4 is 11.9 Å². The zero-order valence-corrected chi connectivity index (χ0v) is 24.4. The summed E-state index contributed by atoms with van der Waals surface area (Å²) in [5, 5.41) is 9.31. The molecule has 0 heterocycles. The zero-order chi connectivity index (χ0) is 27.7. The summed E-state index contributed by atoms with van der Waals surface area (Å²) in [6, 6.07) is 5.59. The topological polar surface area (TPSA) is 89.6 Å². The monoisotopic (exact) mass is 531 g/mol. The van der Waals surface area contributed by atoms with Gasteiger partial charge in [-0.2, -0.15) is 0 Å². The number of rotatable bonds is 25. The Morgan fingerprint density at radius 1 is 0.658 bits per heavy atom. The minimum absolute atomic E-state index is 0.157. The van der Waals surface area contributed by atoms with Gasteiger partial charge < -0.3 is 15.6 Å². The highest BCUT2D eigenvalue weighted by Crippen LogP contribution is 2.16. The van der Waals surface area contributed by atoms with Crippen LogP contribution in [0.5, 0.6) is 5.75 Å². The maximum absolute atomic E-state index is 12.0. The Morgan fingerprint density at radius 3 is 1.42 bits per heavy atom. The second kappa shape index (κ2) is 24.2. The van der Waals surface area contributed by atoms with Crippen LogP contribution in [0.15, 0.2) is 24.3 Å². The minimum Gasteiger partial charge on any atom is -0.508 e. The lowest BCUT2D eigenvalue weighted by Crippen LogP contribution is -2.35. The van der Waals surface area contributed by atoms with Crippen LogP contribution in [0, 0.1) is 0 Å². The van der Waals surface area contributed by atoms with E-state index in [1.165, 1.54) is 116 Å². The first kappa shape index (κ1) is 34.1. The van der Waals surface area contributed by atoms with Gasteiger partial charge in [-0.25, -0.2) is 4.79 Å². The predicted molar refractivity (Wildman–Crippen MR) is 158 cm³/mol. The Hall–Kier alpha value is -1.88. The molecule has 0 spiro atoms. The Bertz CT molecular complexity index is 703. The van der Waals surface area contributed by atoms with Gasteiger partial charge in [-0.15, -0.1) is 0 Å². The van der Waals surface area contributed by atoms with E-state index in [1.807, 2.05) is 0 Å². The fraction of sp³-hybridized carbons (Fsp3) is 0.758. The van der Waals surface area contributed by atoms with Gasteiger partial charge in [0.25, 0.3) is 0 Å². The molecule has 0 unspecified atom stereocenters. The van der Waals surface area contributed by atoms with Gasteiger partial charge in [-0.3, -0.25) is 4.79 Å². The summed E-state index contributed by atoms with van der Waals surface area (Å²) in [5.41, 5.74) is 6.67. The smallest absolute Gasteiger partial charge is 0.330 e. The molecule has 1 atom stereocenters. The van der Waals surface area contributed by atoms with E-state index in [1.54, 1.807) is 24.3 Å². The fourth-order valence-corrected chi connectivity index (χ4v) is 4.91. The van der Waals surface area contributed by atoms with Crippen molar-refractivity contribution in [1.29, 1.82) is 0 Å². The number of nitrogens with two attached hydrogens (primary N) is 1. The van der Waals surface area contributed by atoms with Crippen LogP contribution in [0.2, 0.25) is 0 Å². The molecule has 1 aromatic carbocycles. The quantitative estimate of drug-likeness (QED) is 0.0746. The van der Waals surface area contributed by atoms with E-state index < -0.39 is 18.0 Å².